The minimum atomic E-state index is -0.131. The number of hydrogen-bond acceptors (Lipinski definition) is 4. The predicted molar refractivity (Wildman–Crippen MR) is 77.4 cm³/mol. The predicted octanol–water partition coefficient (Wildman–Crippen LogP) is 3.51. The lowest BCUT2D eigenvalue weighted by Gasteiger charge is -2.05. The molecule has 4 nitrogen and oxygen atoms in total. The van der Waals surface area contributed by atoms with Crippen molar-refractivity contribution in [1.82, 2.24) is 0 Å². The van der Waals surface area contributed by atoms with Gasteiger partial charge < -0.3 is 10.5 Å². The van der Waals surface area contributed by atoms with Crippen molar-refractivity contribution in [1.29, 1.82) is 0 Å². The summed E-state index contributed by atoms with van der Waals surface area (Å²) in [7, 11) is 0. The molecule has 0 radical (unpaired) electrons. The molecule has 0 spiro atoms. The van der Waals surface area contributed by atoms with Gasteiger partial charge in [0.05, 0.1) is 10.6 Å². The summed E-state index contributed by atoms with van der Waals surface area (Å²) in [6.07, 6.45) is 0. The first-order valence-electron chi connectivity index (χ1n) is 5.77. The van der Waals surface area contributed by atoms with E-state index in [1.807, 2.05) is 19.1 Å². The molecule has 1 amide bonds. The lowest BCUT2D eigenvalue weighted by Crippen LogP contribution is -2.10. The van der Waals surface area contributed by atoms with Gasteiger partial charge in [-0.3, -0.25) is 4.79 Å². The fourth-order valence-electron chi connectivity index (χ4n) is 1.63. The molecule has 0 bridgehead atoms. The topological polar surface area (TPSA) is 61.7 Å². The number of nitrogens with zero attached hydrogens (tertiary/aromatic N) is 1. The number of carbonyl (C=O) groups excluding carboxylic acids is 1. The molecule has 2 N–H and O–H groups in total. The maximum Gasteiger partial charge on any atom is 0.265 e. The van der Waals surface area contributed by atoms with Gasteiger partial charge in [-0.05, 0) is 38.1 Å². The first-order chi connectivity index (χ1) is 9.10. The van der Waals surface area contributed by atoms with Crippen LogP contribution in [0.25, 0.3) is 0 Å². The van der Waals surface area contributed by atoms with Crippen LogP contribution in [0.2, 0.25) is 0 Å². The number of anilines is 1. The van der Waals surface area contributed by atoms with E-state index in [0.717, 1.165) is 10.4 Å². The van der Waals surface area contributed by atoms with Gasteiger partial charge in [-0.25, -0.2) is 0 Å². The number of thiophene rings is 1. The molecular weight excluding hydrogens is 260 g/mol. The lowest BCUT2D eigenvalue weighted by molar-refractivity contribution is 0.103. The van der Waals surface area contributed by atoms with E-state index < -0.39 is 0 Å². The standard InChI is InChI=1S/C14H14N2O2S/c1-9-6-7-13(19-9)14(17)15-12-5-3-4-11(8-12)10(2)16-18/h3-8,18H,1-2H3,(H,15,17)/b16-10+. The quantitative estimate of drug-likeness (QED) is 0.511. The van der Waals surface area contributed by atoms with Gasteiger partial charge in [-0.15, -0.1) is 11.3 Å². The molecule has 0 aliphatic rings. The maximum absolute atomic E-state index is 12.0. The van der Waals surface area contributed by atoms with Crippen LogP contribution in [0.3, 0.4) is 0 Å². The van der Waals surface area contributed by atoms with E-state index in [0.29, 0.717) is 16.3 Å². The summed E-state index contributed by atoms with van der Waals surface area (Å²) in [4.78, 5) is 13.8. The highest BCUT2D eigenvalue weighted by Crippen LogP contribution is 2.18. The average Bonchev–Trinajstić information content (AvgIpc) is 2.85. The monoisotopic (exact) mass is 274 g/mol. The maximum atomic E-state index is 12.0. The van der Waals surface area contributed by atoms with E-state index >= 15 is 0 Å². The van der Waals surface area contributed by atoms with Crippen LogP contribution in [-0.4, -0.2) is 16.8 Å². The van der Waals surface area contributed by atoms with E-state index in [-0.39, 0.29) is 5.91 Å². The second-order valence-corrected chi connectivity index (χ2v) is 5.42. The van der Waals surface area contributed by atoms with Crippen molar-refractivity contribution in [3.05, 3.63) is 51.7 Å². The van der Waals surface area contributed by atoms with Crippen LogP contribution < -0.4 is 5.32 Å². The van der Waals surface area contributed by atoms with Crippen molar-refractivity contribution in [2.75, 3.05) is 5.32 Å². The number of hydrogen-bond donors (Lipinski definition) is 2. The van der Waals surface area contributed by atoms with Crippen molar-refractivity contribution in [3.8, 4) is 0 Å². The third kappa shape index (κ3) is 3.20. The Morgan fingerprint density at radius 3 is 2.74 bits per heavy atom. The zero-order valence-electron chi connectivity index (χ0n) is 10.7. The molecule has 1 aromatic heterocycles. The highest BCUT2D eigenvalue weighted by molar-refractivity contribution is 7.14. The van der Waals surface area contributed by atoms with Crippen molar-refractivity contribution in [2.45, 2.75) is 13.8 Å². The fourth-order valence-corrected chi connectivity index (χ4v) is 2.39. The van der Waals surface area contributed by atoms with Crippen LogP contribution in [0.4, 0.5) is 5.69 Å². The van der Waals surface area contributed by atoms with Crippen molar-refractivity contribution in [2.24, 2.45) is 5.16 Å². The number of carbonyl (C=O) groups is 1. The Balaban J connectivity index is 2.17. The van der Waals surface area contributed by atoms with E-state index in [1.54, 1.807) is 31.2 Å². The lowest BCUT2D eigenvalue weighted by atomic mass is 10.1. The molecule has 98 valence electrons. The van der Waals surface area contributed by atoms with E-state index in [9.17, 15) is 4.79 Å². The van der Waals surface area contributed by atoms with Gasteiger partial charge in [0.25, 0.3) is 5.91 Å². The third-order valence-corrected chi connectivity index (χ3v) is 3.65. The van der Waals surface area contributed by atoms with Crippen LogP contribution in [0, 0.1) is 6.92 Å². The minimum Gasteiger partial charge on any atom is -0.411 e. The average molecular weight is 274 g/mol. The molecule has 1 heterocycles. The summed E-state index contributed by atoms with van der Waals surface area (Å²) in [5, 5.41) is 14.7. The molecule has 0 atom stereocenters. The molecule has 1 aromatic carbocycles. The van der Waals surface area contributed by atoms with E-state index in [2.05, 4.69) is 10.5 Å². The summed E-state index contributed by atoms with van der Waals surface area (Å²) < 4.78 is 0. The van der Waals surface area contributed by atoms with Crippen molar-refractivity contribution >= 4 is 28.6 Å². The molecule has 2 aromatic rings. The molecule has 0 aliphatic heterocycles. The molecule has 0 fully saturated rings. The molecule has 0 aliphatic carbocycles. The zero-order valence-corrected chi connectivity index (χ0v) is 11.5. The van der Waals surface area contributed by atoms with Crippen LogP contribution in [-0.2, 0) is 0 Å². The van der Waals surface area contributed by atoms with E-state index in [1.165, 1.54) is 11.3 Å². The van der Waals surface area contributed by atoms with Crippen LogP contribution >= 0.6 is 11.3 Å². The van der Waals surface area contributed by atoms with Gasteiger partial charge in [-0.1, -0.05) is 17.3 Å². The molecule has 0 unspecified atom stereocenters. The fraction of sp³-hybridized carbons (Fsp3) is 0.143. The Hall–Kier alpha value is -2.14. The van der Waals surface area contributed by atoms with Crippen molar-refractivity contribution < 1.29 is 10.0 Å². The number of rotatable bonds is 3. The Kier molecular flexibility index (Phi) is 3.97. The van der Waals surface area contributed by atoms with Gasteiger partial charge in [-0.2, -0.15) is 0 Å². The van der Waals surface area contributed by atoms with Crippen molar-refractivity contribution in [3.63, 3.8) is 0 Å². The first kappa shape index (κ1) is 13.3. The summed E-state index contributed by atoms with van der Waals surface area (Å²) in [6, 6.07) is 10.9. The minimum absolute atomic E-state index is 0.131. The highest BCUT2D eigenvalue weighted by atomic mass is 32.1. The Labute approximate surface area is 115 Å². The molecule has 2 rings (SSSR count). The summed E-state index contributed by atoms with van der Waals surface area (Å²) in [5.41, 5.74) is 1.95. The normalized spacial score (nSPS) is 11.4. The Morgan fingerprint density at radius 2 is 2.11 bits per heavy atom. The Morgan fingerprint density at radius 1 is 1.32 bits per heavy atom. The van der Waals surface area contributed by atoms with E-state index in [4.69, 9.17) is 5.21 Å². The highest BCUT2D eigenvalue weighted by Gasteiger charge is 2.09. The van der Waals surface area contributed by atoms with Crippen LogP contribution in [0.5, 0.6) is 0 Å². The number of aryl methyl sites for hydroxylation is 1. The molecule has 5 heteroatoms. The van der Waals surface area contributed by atoms with Gasteiger partial charge in [0.15, 0.2) is 0 Å². The largest absolute Gasteiger partial charge is 0.411 e. The van der Waals surface area contributed by atoms with Gasteiger partial charge in [0.2, 0.25) is 0 Å². The van der Waals surface area contributed by atoms with Gasteiger partial charge in [0.1, 0.15) is 0 Å². The molecule has 19 heavy (non-hydrogen) atoms. The zero-order chi connectivity index (χ0) is 13.8. The smallest absolute Gasteiger partial charge is 0.265 e. The molecular formula is C14H14N2O2S. The summed E-state index contributed by atoms with van der Waals surface area (Å²) in [5.74, 6) is -0.131. The summed E-state index contributed by atoms with van der Waals surface area (Å²) >= 11 is 1.45. The van der Waals surface area contributed by atoms with Gasteiger partial charge >= 0.3 is 0 Å². The SMILES string of the molecule is C/C(=N\O)c1cccc(NC(=O)c2ccc(C)s2)c1. The first-order valence-corrected chi connectivity index (χ1v) is 6.58. The number of nitrogens with one attached hydrogen (secondary N) is 1. The second kappa shape index (κ2) is 5.67. The number of benzene rings is 1. The van der Waals surface area contributed by atoms with Crippen LogP contribution in [0.1, 0.15) is 27.0 Å². The number of oxime groups is 1. The Bertz CT molecular complexity index is 632. The second-order valence-electron chi connectivity index (χ2n) is 4.13. The summed E-state index contributed by atoms with van der Waals surface area (Å²) in [6.45, 7) is 3.66. The van der Waals surface area contributed by atoms with Crippen LogP contribution in [0.15, 0.2) is 41.6 Å². The third-order valence-electron chi connectivity index (χ3n) is 2.65. The van der Waals surface area contributed by atoms with Gasteiger partial charge in [0, 0.05) is 16.1 Å². The molecule has 0 saturated carbocycles. The number of amides is 1. The molecule has 0 saturated heterocycles.